The topological polar surface area (TPSA) is 8.17 Å². The summed E-state index contributed by atoms with van der Waals surface area (Å²) in [5, 5.41) is 5.21. The number of hydrogen-bond acceptors (Lipinski definition) is 2. The van der Waals surface area contributed by atoms with Crippen molar-refractivity contribution in [2.24, 2.45) is 0 Å². The number of nitrogens with zero attached hydrogens (tertiary/aromatic N) is 2. The van der Waals surface area contributed by atoms with Gasteiger partial charge in [0.2, 0.25) is 0 Å². The zero-order valence-corrected chi connectivity index (χ0v) is 29.1. The largest absolute Gasteiger partial charge is 0.310 e. The molecule has 2 aromatic heterocycles. The maximum absolute atomic E-state index is 2.49. The predicted octanol–water partition coefficient (Wildman–Crippen LogP) is 13.9. The summed E-state index contributed by atoms with van der Waals surface area (Å²) in [5.74, 6) is 0. The lowest BCUT2D eigenvalue weighted by Crippen LogP contribution is -2.18. The molecule has 10 aromatic rings. The molecule has 1 aliphatic heterocycles. The van der Waals surface area contributed by atoms with Crippen molar-refractivity contribution in [3.63, 3.8) is 0 Å². The Bertz CT molecular complexity index is 2990. The molecule has 0 saturated carbocycles. The average molecular weight is 681 g/mol. The van der Waals surface area contributed by atoms with E-state index in [-0.39, 0.29) is 0 Å². The molecule has 52 heavy (non-hydrogen) atoms. The van der Waals surface area contributed by atoms with Crippen molar-refractivity contribution < 1.29 is 0 Å². The number of thiophene rings is 1. The molecular weight excluding hydrogens is 649 g/mol. The van der Waals surface area contributed by atoms with Gasteiger partial charge in [-0.15, -0.1) is 11.3 Å². The zero-order valence-electron chi connectivity index (χ0n) is 28.3. The van der Waals surface area contributed by atoms with Gasteiger partial charge in [-0.05, 0) is 94.0 Å². The van der Waals surface area contributed by atoms with Gasteiger partial charge in [0.1, 0.15) is 0 Å². The lowest BCUT2D eigenvalue weighted by Gasteiger charge is -2.34. The van der Waals surface area contributed by atoms with Crippen LogP contribution in [0.4, 0.5) is 17.1 Å². The molecule has 0 atom stereocenters. The third-order valence-electron chi connectivity index (χ3n) is 10.8. The fraction of sp³-hybridized carbons (Fsp3) is 0.0204. The first-order chi connectivity index (χ1) is 25.8. The SMILES string of the molecule is c1ccc(-c2cccc(N3c4ccccc4Cc4cc(-c5cc6c7ccccc7sc6c6c5c5ccccc5n6-c5ccccc5)ccc43)c2)cc1. The maximum atomic E-state index is 2.49. The lowest BCUT2D eigenvalue weighted by molar-refractivity contribution is 1.09. The van der Waals surface area contributed by atoms with Crippen LogP contribution in [-0.4, -0.2) is 4.57 Å². The highest BCUT2D eigenvalue weighted by molar-refractivity contribution is 7.26. The first-order valence-corrected chi connectivity index (χ1v) is 18.7. The van der Waals surface area contributed by atoms with Gasteiger partial charge in [0.15, 0.2) is 0 Å². The van der Waals surface area contributed by atoms with Gasteiger partial charge < -0.3 is 9.47 Å². The van der Waals surface area contributed by atoms with Crippen LogP contribution in [0.5, 0.6) is 0 Å². The molecule has 244 valence electrons. The molecule has 2 nitrogen and oxygen atoms in total. The lowest BCUT2D eigenvalue weighted by atomic mass is 9.90. The van der Waals surface area contributed by atoms with Crippen LogP contribution in [-0.2, 0) is 6.42 Å². The fourth-order valence-electron chi connectivity index (χ4n) is 8.46. The molecule has 0 spiro atoms. The van der Waals surface area contributed by atoms with Gasteiger partial charge in [-0.3, -0.25) is 0 Å². The molecule has 0 saturated heterocycles. The van der Waals surface area contributed by atoms with E-state index < -0.39 is 0 Å². The predicted molar refractivity (Wildman–Crippen MR) is 222 cm³/mol. The molecule has 0 amide bonds. The molecule has 3 heteroatoms. The van der Waals surface area contributed by atoms with Crippen molar-refractivity contribution in [2.45, 2.75) is 6.42 Å². The average Bonchev–Trinajstić information content (AvgIpc) is 3.76. The van der Waals surface area contributed by atoms with E-state index >= 15 is 0 Å². The van der Waals surface area contributed by atoms with Crippen molar-refractivity contribution in [1.29, 1.82) is 0 Å². The van der Waals surface area contributed by atoms with Gasteiger partial charge in [0, 0.05) is 55.4 Å². The van der Waals surface area contributed by atoms with Crippen molar-refractivity contribution >= 4 is 70.4 Å². The van der Waals surface area contributed by atoms with Crippen LogP contribution in [0.1, 0.15) is 11.1 Å². The zero-order chi connectivity index (χ0) is 34.2. The second kappa shape index (κ2) is 11.6. The number of anilines is 3. The fourth-order valence-corrected chi connectivity index (χ4v) is 9.68. The van der Waals surface area contributed by atoms with Crippen molar-refractivity contribution in [2.75, 3.05) is 4.90 Å². The van der Waals surface area contributed by atoms with Gasteiger partial charge >= 0.3 is 0 Å². The highest BCUT2D eigenvalue weighted by Crippen LogP contribution is 2.50. The summed E-state index contributed by atoms with van der Waals surface area (Å²) in [6.45, 7) is 0. The third kappa shape index (κ3) is 4.43. The van der Waals surface area contributed by atoms with E-state index in [0.717, 1.165) is 6.42 Å². The molecule has 1 aliphatic rings. The summed E-state index contributed by atoms with van der Waals surface area (Å²) < 4.78 is 5.13. The number of fused-ring (bicyclic) bond motifs is 9. The highest BCUT2D eigenvalue weighted by Gasteiger charge is 2.26. The summed E-state index contributed by atoms with van der Waals surface area (Å²) in [6.07, 6.45) is 0.882. The van der Waals surface area contributed by atoms with Crippen LogP contribution in [0.2, 0.25) is 0 Å². The molecule has 0 radical (unpaired) electrons. The van der Waals surface area contributed by atoms with Crippen LogP contribution >= 0.6 is 11.3 Å². The minimum Gasteiger partial charge on any atom is -0.310 e. The standard InChI is InChI=1S/C49H32N2S/c1-3-14-32(15-4-1)33-17-13-20-38(30-33)50-43-23-10-7-16-35(43)29-36-28-34(26-27-44(36)50)41-31-42-39-21-9-12-25-46(39)52-49(42)48-47(41)40-22-8-11-24-45(40)51(48)37-18-5-2-6-19-37/h1-28,30-31H,29H2. The Balaban J connectivity index is 1.18. The minimum absolute atomic E-state index is 0.882. The van der Waals surface area contributed by atoms with E-state index in [9.17, 15) is 0 Å². The van der Waals surface area contributed by atoms with Crippen LogP contribution < -0.4 is 4.90 Å². The number of hydrogen-bond donors (Lipinski definition) is 0. The molecule has 0 bridgehead atoms. The Morgan fingerprint density at radius 1 is 0.442 bits per heavy atom. The Morgan fingerprint density at radius 3 is 2.02 bits per heavy atom. The molecule has 8 aromatic carbocycles. The first-order valence-electron chi connectivity index (χ1n) is 17.9. The van der Waals surface area contributed by atoms with Crippen LogP contribution in [0.15, 0.2) is 182 Å². The quantitative estimate of drug-likeness (QED) is 0.180. The van der Waals surface area contributed by atoms with E-state index in [4.69, 9.17) is 0 Å². The normalized spacial score (nSPS) is 12.5. The van der Waals surface area contributed by atoms with Gasteiger partial charge in [-0.2, -0.15) is 0 Å². The monoisotopic (exact) mass is 680 g/mol. The van der Waals surface area contributed by atoms with Crippen LogP contribution in [0, 0.1) is 0 Å². The number of benzene rings is 8. The van der Waals surface area contributed by atoms with Gasteiger partial charge in [0.25, 0.3) is 0 Å². The molecule has 0 N–H and O–H groups in total. The Morgan fingerprint density at radius 2 is 1.13 bits per heavy atom. The third-order valence-corrected chi connectivity index (χ3v) is 11.9. The van der Waals surface area contributed by atoms with Gasteiger partial charge in [-0.25, -0.2) is 0 Å². The molecule has 0 fully saturated rings. The summed E-state index contributed by atoms with van der Waals surface area (Å²) in [6, 6.07) is 66.8. The summed E-state index contributed by atoms with van der Waals surface area (Å²) in [5.41, 5.74) is 15.0. The number of para-hydroxylation sites is 3. The summed E-state index contributed by atoms with van der Waals surface area (Å²) >= 11 is 1.90. The van der Waals surface area contributed by atoms with Crippen molar-refractivity contribution in [3.05, 3.63) is 193 Å². The second-order valence-corrected chi connectivity index (χ2v) is 14.8. The minimum atomic E-state index is 0.882. The Kier molecular flexibility index (Phi) is 6.52. The summed E-state index contributed by atoms with van der Waals surface area (Å²) in [4.78, 5) is 2.46. The molecule has 11 rings (SSSR count). The molecular formula is C49H32N2S. The molecule has 0 unspecified atom stereocenters. The Labute approximate surface area is 306 Å². The maximum Gasteiger partial charge on any atom is 0.0726 e. The van der Waals surface area contributed by atoms with Crippen LogP contribution in [0.25, 0.3) is 69.9 Å². The van der Waals surface area contributed by atoms with Crippen LogP contribution in [0.3, 0.4) is 0 Å². The smallest absolute Gasteiger partial charge is 0.0726 e. The molecule has 0 aliphatic carbocycles. The van der Waals surface area contributed by atoms with E-state index in [1.807, 2.05) is 11.3 Å². The Hall–Kier alpha value is -6.42. The van der Waals surface area contributed by atoms with E-state index in [2.05, 4.69) is 191 Å². The number of rotatable bonds is 4. The van der Waals surface area contributed by atoms with Gasteiger partial charge in [-0.1, -0.05) is 121 Å². The summed E-state index contributed by atoms with van der Waals surface area (Å²) in [7, 11) is 0. The second-order valence-electron chi connectivity index (χ2n) is 13.7. The first kappa shape index (κ1) is 29.3. The van der Waals surface area contributed by atoms with E-state index in [1.54, 1.807) is 0 Å². The van der Waals surface area contributed by atoms with Crippen molar-refractivity contribution in [1.82, 2.24) is 4.57 Å². The van der Waals surface area contributed by atoms with Crippen molar-refractivity contribution in [3.8, 4) is 27.9 Å². The van der Waals surface area contributed by atoms with Gasteiger partial charge in [0.05, 0.1) is 15.7 Å². The number of aromatic nitrogens is 1. The highest BCUT2D eigenvalue weighted by atomic mass is 32.1. The molecule has 3 heterocycles. The van der Waals surface area contributed by atoms with E-state index in [1.165, 1.54) is 98.1 Å². The van der Waals surface area contributed by atoms with E-state index in [0.29, 0.717) is 0 Å².